The van der Waals surface area contributed by atoms with Crippen molar-refractivity contribution in [1.29, 1.82) is 0 Å². The van der Waals surface area contributed by atoms with Gasteiger partial charge in [-0.15, -0.1) is 0 Å². The van der Waals surface area contributed by atoms with Gasteiger partial charge in [0.05, 0.1) is 5.52 Å². The van der Waals surface area contributed by atoms with E-state index in [0.29, 0.717) is 6.07 Å². The van der Waals surface area contributed by atoms with Gasteiger partial charge in [-0.25, -0.2) is 13.6 Å². The highest BCUT2D eigenvalue weighted by molar-refractivity contribution is 5.73. The summed E-state index contributed by atoms with van der Waals surface area (Å²) in [5.41, 5.74) is -0.101. The molecule has 3 nitrogen and oxygen atoms in total. The van der Waals surface area contributed by atoms with Crippen molar-refractivity contribution in [2.45, 2.75) is 0 Å². The van der Waals surface area contributed by atoms with Crippen molar-refractivity contribution in [1.82, 2.24) is 4.57 Å². The quantitative estimate of drug-likeness (QED) is 0.622. The van der Waals surface area contributed by atoms with Crippen molar-refractivity contribution in [2.75, 3.05) is 0 Å². The Bertz CT molecular complexity index is 527. The van der Waals surface area contributed by atoms with Gasteiger partial charge in [0.15, 0.2) is 11.4 Å². The number of aromatic nitrogens is 1. The number of hydrogen-bond acceptors (Lipinski definition) is 2. The maximum atomic E-state index is 13.0. The molecule has 5 heteroatoms. The van der Waals surface area contributed by atoms with Crippen LogP contribution in [0.1, 0.15) is 0 Å². The second-order valence-electron chi connectivity index (χ2n) is 2.66. The maximum absolute atomic E-state index is 13.0. The zero-order valence-corrected chi connectivity index (χ0v) is 6.67. The summed E-state index contributed by atoms with van der Waals surface area (Å²) in [6, 6.07) is 1.72. The Kier molecular flexibility index (Phi) is 1.48. The van der Waals surface area contributed by atoms with Crippen LogP contribution < -0.4 is 5.76 Å². The van der Waals surface area contributed by atoms with Gasteiger partial charge in [-0.1, -0.05) is 0 Å². The molecule has 0 amide bonds. The van der Waals surface area contributed by atoms with Crippen molar-refractivity contribution in [2.24, 2.45) is 7.05 Å². The first-order valence-electron chi connectivity index (χ1n) is 3.54. The van der Waals surface area contributed by atoms with Crippen molar-refractivity contribution in [3.05, 3.63) is 34.3 Å². The molecule has 0 aliphatic carbocycles. The molecule has 0 aliphatic heterocycles. The molecule has 2 rings (SSSR count). The Morgan fingerprint density at radius 3 is 2.77 bits per heavy atom. The summed E-state index contributed by atoms with van der Waals surface area (Å²) in [4.78, 5) is 10.9. The lowest BCUT2D eigenvalue weighted by atomic mass is 10.3. The molecular weight excluding hydrogens is 180 g/mol. The van der Waals surface area contributed by atoms with Crippen LogP contribution in [0.25, 0.3) is 11.1 Å². The maximum Gasteiger partial charge on any atom is 0.419 e. The molecule has 0 saturated carbocycles. The average molecular weight is 185 g/mol. The minimum absolute atomic E-state index is 0.113. The normalized spacial score (nSPS) is 11.0. The molecule has 0 radical (unpaired) electrons. The summed E-state index contributed by atoms with van der Waals surface area (Å²) in [6.45, 7) is 0. The highest BCUT2D eigenvalue weighted by Gasteiger charge is 2.11. The van der Waals surface area contributed by atoms with Crippen molar-refractivity contribution < 1.29 is 13.2 Å². The lowest BCUT2D eigenvalue weighted by Gasteiger charge is -1.92. The SMILES string of the molecule is Cn1c(=O)oc2c(F)cc(F)cc21. The van der Waals surface area contributed by atoms with E-state index in [1.165, 1.54) is 7.05 Å². The minimum atomic E-state index is -0.868. The van der Waals surface area contributed by atoms with Crippen LogP contribution in [-0.2, 0) is 7.05 Å². The van der Waals surface area contributed by atoms with E-state index in [9.17, 15) is 13.6 Å². The van der Waals surface area contributed by atoms with Crippen LogP contribution >= 0.6 is 0 Å². The van der Waals surface area contributed by atoms with E-state index < -0.39 is 17.4 Å². The summed E-state index contributed by atoms with van der Waals surface area (Å²) in [7, 11) is 1.38. The molecule has 0 aliphatic rings. The lowest BCUT2D eigenvalue weighted by molar-refractivity contribution is 0.502. The van der Waals surface area contributed by atoms with Gasteiger partial charge in [-0.2, -0.15) is 0 Å². The summed E-state index contributed by atoms with van der Waals surface area (Å²) in [6.07, 6.45) is 0. The number of benzene rings is 1. The molecule has 0 fully saturated rings. The Morgan fingerprint density at radius 2 is 2.08 bits per heavy atom. The van der Waals surface area contributed by atoms with Gasteiger partial charge in [-0.3, -0.25) is 4.57 Å². The third-order valence-corrected chi connectivity index (χ3v) is 1.81. The Balaban J connectivity index is 3.03. The van der Waals surface area contributed by atoms with Gasteiger partial charge in [0, 0.05) is 19.2 Å². The van der Waals surface area contributed by atoms with Gasteiger partial charge in [0.1, 0.15) is 5.82 Å². The van der Waals surface area contributed by atoms with Crippen LogP contribution in [-0.4, -0.2) is 4.57 Å². The predicted octanol–water partition coefficient (Wildman–Crippen LogP) is 1.41. The second-order valence-corrected chi connectivity index (χ2v) is 2.66. The minimum Gasteiger partial charge on any atom is -0.405 e. The third kappa shape index (κ3) is 1.04. The fourth-order valence-corrected chi connectivity index (χ4v) is 1.15. The predicted molar refractivity (Wildman–Crippen MR) is 41.4 cm³/mol. The Hall–Kier alpha value is -1.65. The molecule has 0 N–H and O–H groups in total. The van der Waals surface area contributed by atoms with Gasteiger partial charge < -0.3 is 4.42 Å². The smallest absolute Gasteiger partial charge is 0.405 e. The second kappa shape index (κ2) is 2.42. The van der Waals surface area contributed by atoms with E-state index in [4.69, 9.17) is 0 Å². The topological polar surface area (TPSA) is 35.1 Å². The third-order valence-electron chi connectivity index (χ3n) is 1.81. The molecular formula is C8H5F2NO2. The summed E-state index contributed by atoms with van der Waals surface area (Å²) in [5, 5.41) is 0. The molecule has 2 aromatic rings. The first kappa shape index (κ1) is 7.97. The lowest BCUT2D eigenvalue weighted by Crippen LogP contribution is -2.08. The largest absolute Gasteiger partial charge is 0.419 e. The Labute approximate surface area is 71.2 Å². The van der Waals surface area contributed by atoms with E-state index in [-0.39, 0.29) is 11.1 Å². The molecule has 68 valence electrons. The fourth-order valence-electron chi connectivity index (χ4n) is 1.15. The van der Waals surface area contributed by atoms with Gasteiger partial charge >= 0.3 is 5.76 Å². The number of rotatable bonds is 0. The average Bonchev–Trinajstić information content (AvgIpc) is 2.32. The van der Waals surface area contributed by atoms with E-state index >= 15 is 0 Å². The Morgan fingerprint density at radius 1 is 1.38 bits per heavy atom. The zero-order chi connectivity index (χ0) is 9.59. The monoisotopic (exact) mass is 185 g/mol. The van der Waals surface area contributed by atoms with E-state index in [1.807, 2.05) is 0 Å². The molecule has 13 heavy (non-hydrogen) atoms. The molecule has 1 aromatic carbocycles. The molecule has 0 bridgehead atoms. The number of nitrogens with zero attached hydrogens (tertiary/aromatic N) is 1. The molecule has 0 atom stereocenters. The van der Waals surface area contributed by atoms with Crippen molar-refractivity contribution in [3.63, 3.8) is 0 Å². The standard InChI is InChI=1S/C8H5F2NO2/c1-11-6-3-4(9)2-5(10)7(6)13-8(11)12/h2-3H,1H3. The van der Waals surface area contributed by atoms with Crippen LogP contribution in [0.3, 0.4) is 0 Å². The first-order valence-corrected chi connectivity index (χ1v) is 3.54. The number of hydrogen-bond donors (Lipinski definition) is 0. The fraction of sp³-hybridized carbons (Fsp3) is 0.125. The van der Waals surface area contributed by atoms with Crippen molar-refractivity contribution >= 4 is 11.1 Å². The van der Waals surface area contributed by atoms with Crippen LogP contribution in [0.15, 0.2) is 21.3 Å². The molecule has 0 saturated heterocycles. The van der Waals surface area contributed by atoms with Crippen LogP contribution in [0.5, 0.6) is 0 Å². The number of fused-ring (bicyclic) bond motifs is 1. The van der Waals surface area contributed by atoms with Crippen LogP contribution in [0.2, 0.25) is 0 Å². The molecule has 0 unspecified atom stereocenters. The van der Waals surface area contributed by atoms with E-state index in [1.54, 1.807) is 0 Å². The highest BCUT2D eigenvalue weighted by Crippen LogP contribution is 2.17. The first-order chi connectivity index (χ1) is 6.09. The van der Waals surface area contributed by atoms with E-state index in [2.05, 4.69) is 4.42 Å². The van der Waals surface area contributed by atoms with Gasteiger partial charge in [0.2, 0.25) is 0 Å². The molecule has 1 heterocycles. The van der Waals surface area contributed by atoms with Gasteiger partial charge in [-0.05, 0) is 0 Å². The summed E-state index contributed by atoms with van der Waals surface area (Å²) in [5.74, 6) is -2.31. The van der Waals surface area contributed by atoms with Gasteiger partial charge in [0.25, 0.3) is 0 Å². The molecule has 1 aromatic heterocycles. The number of oxazole rings is 1. The summed E-state index contributed by atoms with van der Waals surface area (Å²) < 4.78 is 31.2. The highest BCUT2D eigenvalue weighted by atomic mass is 19.1. The molecule has 0 spiro atoms. The van der Waals surface area contributed by atoms with Crippen molar-refractivity contribution in [3.8, 4) is 0 Å². The van der Waals surface area contributed by atoms with E-state index in [0.717, 1.165) is 10.6 Å². The summed E-state index contributed by atoms with van der Waals surface area (Å²) >= 11 is 0. The number of aryl methyl sites for hydroxylation is 1. The number of halogens is 2. The van der Waals surface area contributed by atoms with Crippen LogP contribution in [0, 0.1) is 11.6 Å². The zero-order valence-electron chi connectivity index (χ0n) is 6.67. The van der Waals surface area contributed by atoms with Crippen LogP contribution in [0.4, 0.5) is 8.78 Å².